The summed E-state index contributed by atoms with van der Waals surface area (Å²) in [6, 6.07) is 10.0. The number of piperidine rings is 1. The molecule has 0 unspecified atom stereocenters. The lowest BCUT2D eigenvalue weighted by molar-refractivity contribution is -0.137. The molecule has 186 valence electrons. The molecule has 0 atom stereocenters. The number of nitrogens with one attached hydrogen (secondary N) is 1. The zero-order chi connectivity index (χ0) is 25.9. The predicted octanol–water partition coefficient (Wildman–Crippen LogP) is 5.43. The average Bonchev–Trinajstić information content (AvgIpc) is 2.88. The number of aromatic nitrogens is 1. The number of fused-ring (bicyclic) bond motifs is 1. The number of nitriles is 1. The van der Waals surface area contributed by atoms with Crippen LogP contribution in [0.15, 0.2) is 55.3 Å². The van der Waals surface area contributed by atoms with E-state index < -0.39 is 11.7 Å². The maximum atomic E-state index is 12.9. The van der Waals surface area contributed by atoms with Crippen molar-refractivity contribution < 1.29 is 27.4 Å². The van der Waals surface area contributed by atoms with Gasteiger partial charge in [-0.3, -0.25) is 9.78 Å². The van der Waals surface area contributed by atoms with Crippen LogP contribution in [0.2, 0.25) is 0 Å². The van der Waals surface area contributed by atoms with Crippen molar-refractivity contribution in [1.29, 1.82) is 5.26 Å². The van der Waals surface area contributed by atoms with Crippen LogP contribution in [-0.4, -0.2) is 42.1 Å². The Labute approximate surface area is 205 Å². The van der Waals surface area contributed by atoms with E-state index in [4.69, 9.17) is 9.47 Å². The number of carbonyl (C=O) groups excluding carboxylic acids is 1. The second-order valence-corrected chi connectivity index (χ2v) is 8.23. The number of pyridine rings is 1. The van der Waals surface area contributed by atoms with Gasteiger partial charge in [0.1, 0.15) is 12.2 Å². The van der Waals surface area contributed by atoms with Crippen LogP contribution in [0.4, 0.5) is 24.5 Å². The minimum absolute atomic E-state index is 0.120. The van der Waals surface area contributed by atoms with E-state index in [9.17, 15) is 23.2 Å². The fourth-order valence-corrected chi connectivity index (χ4v) is 4.06. The van der Waals surface area contributed by atoms with Crippen molar-refractivity contribution in [3.63, 3.8) is 0 Å². The third-order valence-corrected chi connectivity index (χ3v) is 5.98. The van der Waals surface area contributed by atoms with Gasteiger partial charge in [0.25, 0.3) is 0 Å². The number of benzene rings is 2. The Morgan fingerprint density at radius 3 is 2.50 bits per heavy atom. The maximum absolute atomic E-state index is 12.9. The first-order valence-electron chi connectivity index (χ1n) is 11.2. The van der Waals surface area contributed by atoms with Gasteiger partial charge in [0, 0.05) is 49.3 Å². The molecule has 36 heavy (non-hydrogen) atoms. The van der Waals surface area contributed by atoms with E-state index >= 15 is 0 Å². The highest BCUT2D eigenvalue weighted by atomic mass is 19.4. The lowest BCUT2D eigenvalue weighted by Gasteiger charge is -2.31. The molecule has 1 aliphatic rings. The lowest BCUT2D eigenvalue weighted by Crippen LogP contribution is -2.41. The Bertz CT molecular complexity index is 1330. The number of anilines is 2. The number of methoxy groups -OCH3 is 1. The first-order chi connectivity index (χ1) is 17.2. The number of hydrogen-bond donors (Lipinski definition) is 1. The average molecular weight is 496 g/mol. The van der Waals surface area contributed by atoms with Crippen molar-refractivity contribution in [1.82, 2.24) is 9.88 Å². The number of hydrogen-bond acceptors (Lipinski definition) is 6. The molecular formula is C26H23F3N4O3. The zero-order valence-electron chi connectivity index (χ0n) is 19.4. The van der Waals surface area contributed by atoms with Gasteiger partial charge >= 0.3 is 6.18 Å². The summed E-state index contributed by atoms with van der Waals surface area (Å²) in [5, 5.41) is 13.3. The Hall–Kier alpha value is -4.26. The van der Waals surface area contributed by atoms with Crippen LogP contribution >= 0.6 is 0 Å². The Kier molecular flexibility index (Phi) is 7.01. The molecule has 0 radical (unpaired) electrons. The summed E-state index contributed by atoms with van der Waals surface area (Å²) in [6.07, 6.45) is -0.692. The van der Waals surface area contributed by atoms with Crippen LogP contribution in [-0.2, 0) is 11.0 Å². The van der Waals surface area contributed by atoms with E-state index in [1.807, 2.05) is 0 Å². The van der Waals surface area contributed by atoms with Gasteiger partial charge in [-0.15, -0.1) is 0 Å². The van der Waals surface area contributed by atoms with E-state index in [1.54, 1.807) is 17.0 Å². The molecule has 10 heteroatoms. The standard InChI is InChI=1S/C26H23F3N4O3/c1-3-24(34)33-10-8-19(9-11-33)36-23-12-20-21(13-22(23)35-2)31-15-16(14-30)25(20)32-18-6-4-17(5-7-18)26(27,28)29/h3-7,12-13,15,19H,1,8-11H2,2H3,(H,31,32). The van der Waals surface area contributed by atoms with Crippen LogP contribution in [0.5, 0.6) is 11.5 Å². The SMILES string of the molecule is C=CC(=O)N1CCC(Oc2cc3c(Nc4ccc(C(F)(F)F)cc4)c(C#N)cnc3cc2OC)CC1. The van der Waals surface area contributed by atoms with Gasteiger partial charge < -0.3 is 19.7 Å². The monoisotopic (exact) mass is 496 g/mol. The first kappa shape index (κ1) is 24.9. The van der Waals surface area contributed by atoms with Gasteiger partial charge in [0.15, 0.2) is 11.5 Å². The summed E-state index contributed by atoms with van der Waals surface area (Å²) < 4.78 is 50.5. The molecular weight excluding hydrogens is 473 g/mol. The van der Waals surface area contributed by atoms with Gasteiger partial charge in [0.2, 0.25) is 5.91 Å². The topological polar surface area (TPSA) is 87.5 Å². The number of nitrogens with zero attached hydrogens (tertiary/aromatic N) is 3. The quantitative estimate of drug-likeness (QED) is 0.458. The van der Waals surface area contributed by atoms with Crippen LogP contribution in [0, 0.1) is 11.3 Å². The van der Waals surface area contributed by atoms with E-state index in [1.165, 1.54) is 31.5 Å². The number of likely N-dealkylation sites (tertiary alicyclic amines) is 1. The molecule has 2 aromatic carbocycles. The van der Waals surface area contributed by atoms with Crippen LogP contribution in [0.25, 0.3) is 10.9 Å². The zero-order valence-corrected chi connectivity index (χ0v) is 19.4. The van der Waals surface area contributed by atoms with Crippen LogP contribution < -0.4 is 14.8 Å². The molecule has 7 nitrogen and oxygen atoms in total. The number of ether oxygens (including phenoxy) is 2. The molecule has 2 heterocycles. The molecule has 1 aromatic heterocycles. The Morgan fingerprint density at radius 2 is 1.92 bits per heavy atom. The van der Waals surface area contributed by atoms with Gasteiger partial charge in [-0.05, 0) is 36.4 Å². The fraction of sp³-hybridized carbons (Fsp3) is 0.269. The molecule has 0 aliphatic carbocycles. The minimum Gasteiger partial charge on any atom is -0.493 e. The molecule has 1 fully saturated rings. The predicted molar refractivity (Wildman–Crippen MR) is 128 cm³/mol. The highest BCUT2D eigenvalue weighted by Crippen LogP contribution is 2.38. The largest absolute Gasteiger partial charge is 0.493 e. The van der Waals surface area contributed by atoms with E-state index in [0.29, 0.717) is 59.7 Å². The molecule has 1 amide bonds. The van der Waals surface area contributed by atoms with E-state index in [0.717, 1.165) is 12.1 Å². The molecule has 1 aliphatic heterocycles. The fourth-order valence-electron chi connectivity index (χ4n) is 4.06. The van der Waals surface area contributed by atoms with Gasteiger partial charge in [-0.2, -0.15) is 18.4 Å². The normalized spacial score (nSPS) is 14.2. The van der Waals surface area contributed by atoms with Crippen molar-refractivity contribution in [3.05, 3.63) is 66.4 Å². The Morgan fingerprint density at radius 1 is 1.22 bits per heavy atom. The van der Waals surface area contributed by atoms with Gasteiger partial charge in [0.05, 0.1) is 29.4 Å². The highest BCUT2D eigenvalue weighted by Gasteiger charge is 2.30. The smallest absolute Gasteiger partial charge is 0.416 e. The summed E-state index contributed by atoms with van der Waals surface area (Å²) in [4.78, 5) is 17.9. The van der Waals surface area contributed by atoms with Gasteiger partial charge in [-0.1, -0.05) is 6.58 Å². The summed E-state index contributed by atoms with van der Waals surface area (Å²) >= 11 is 0. The van der Waals surface area contributed by atoms with Crippen LogP contribution in [0.1, 0.15) is 24.0 Å². The maximum Gasteiger partial charge on any atom is 0.416 e. The summed E-state index contributed by atoms with van der Waals surface area (Å²) in [7, 11) is 1.50. The summed E-state index contributed by atoms with van der Waals surface area (Å²) in [5.41, 5.74) is 0.730. The number of carbonyl (C=O) groups is 1. The van der Waals surface area contributed by atoms with Crippen molar-refractivity contribution in [3.8, 4) is 17.6 Å². The molecule has 3 aromatic rings. The molecule has 0 spiro atoms. The van der Waals surface area contributed by atoms with Crippen molar-refractivity contribution in [2.75, 3.05) is 25.5 Å². The number of amides is 1. The second-order valence-electron chi connectivity index (χ2n) is 8.23. The van der Waals surface area contributed by atoms with Crippen molar-refractivity contribution in [2.45, 2.75) is 25.1 Å². The molecule has 1 N–H and O–H groups in total. The summed E-state index contributed by atoms with van der Waals surface area (Å²) in [6.45, 7) is 4.59. The number of rotatable bonds is 6. The molecule has 4 rings (SSSR count). The lowest BCUT2D eigenvalue weighted by atomic mass is 10.1. The van der Waals surface area contributed by atoms with Crippen molar-refractivity contribution in [2.24, 2.45) is 0 Å². The van der Waals surface area contributed by atoms with Gasteiger partial charge in [-0.25, -0.2) is 0 Å². The minimum atomic E-state index is -4.45. The molecule has 1 saturated heterocycles. The second kappa shape index (κ2) is 10.2. The number of halogens is 3. The summed E-state index contributed by atoms with van der Waals surface area (Å²) in [5.74, 6) is 0.765. The molecule has 0 saturated carbocycles. The molecule has 0 bridgehead atoms. The van der Waals surface area contributed by atoms with Crippen molar-refractivity contribution >= 4 is 28.2 Å². The number of alkyl halides is 3. The van der Waals surface area contributed by atoms with E-state index in [2.05, 4.69) is 22.9 Å². The first-order valence-corrected chi connectivity index (χ1v) is 11.2. The van der Waals surface area contributed by atoms with E-state index in [-0.39, 0.29) is 17.6 Å². The third-order valence-electron chi connectivity index (χ3n) is 5.98. The highest BCUT2D eigenvalue weighted by molar-refractivity contribution is 5.97. The third kappa shape index (κ3) is 5.20. The van der Waals surface area contributed by atoms with Crippen LogP contribution in [0.3, 0.4) is 0 Å². The Balaban J connectivity index is 1.66.